The Hall–Kier alpha value is -1.55. The molecule has 1 aromatic carbocycles. The van der Waals surface area contributed by atoms with Crippen molar-refractivity contribution in [1.29, 1.82) is 0 Å². The molecule has 2 atom stereocenters. The van der Waals surface area contributed by atoms with E-state index in [1.54, 1.807) is 6.92 Å². The third-order valence-corrected chi connectivity index (χ3v) is 2.95. The van der Waals surface area contributed by atoms with Gasteiger partial charge in [0.15, 0.2) is 0 Å². The van der Waals surface area contributed by atoms with E-state index in [9.17, 15) is 9.90 Å². The first-order valence-electron chi connectivity index (χ1n) is 6.83. The van der Waals surface area contributed by atoms with Crippen molar-refractivity contribution in [2.75, 3.05) is 11.9 Å². The van der Waals surface area contributed by atoms with E-state index in [1.165, 1.54) is 5.56 Å². The molecule has 2 amide bonds. The first kappa shape index (κ1) is 15.5. The van der Waals surface area contributed by atoms with Gasteiger partial charge in [-0.3, -0.25) is 0 Å². The van der Waals surface area contributed by atoms with Crippen LogP contribution in [0.25, 0.3) is 0 Å². The lowest BCUT2D eigenvalue weighted by Gasteiger charge is -2.14. The number of hydrogen-bond donors (Lipinski definition) is 3. The van der Waals surface area contributed by atoms with Crippen LogP contribution in [0.3, 0.4) is 0 Å². The lowest BCUT2D eigenvalue weighted by Crippen LogP contribution is -2.33. The maximum atomic E-state index is 11.7. The van der Waals surface area contributed by atoms with Crippen LogP contribution < -0.4 is 10.6 Å². The minimum atomic E-state index is -0.332. The van der Waals surface area contributed by atoms with Gasteiger partial charge in [0.2, 0.25) is 0 Å². The number of anilines is 1. The summed E-state index contributed by atoms with van der Waals surface area (Å²) < 4.78 is 0. The predicted octanol–water partition coefficient (Wildman–Crippen LogP) is 2.78. The molecule has 0 heterocycles. The van der Waals surface area contributed by atoms with Crippen molar-refractivity contribution in [3.05, 3.63) is 29.8 Å². The number of nitrogens with one attached hydrogen (secondary N) is 2. The molecule has 0 spiro atoms. The number of amides is 2. The summed E-state index contributed by atoms with van der Waals surface area (Å²) in [5, 5.41) is 14.9. The number of carbonyl (C=O) groups excluding carboxylic acids is 1. The summed E-state index contributed by atoms with van der Waals surface area (Å²) in [4.78, 5) is 11.7. The van der Waals surface area contributed by atoms with E-state index in [0.717, 1.165) is 12.1 Å². The highest BCUT2D eigenvalue weighted by Crippen LogP contribution is 2.11. The van der Waals surface area contributed by atoms with Crippen LogP contribution in [0, 0.1) is 5.92 Å². The number of rotatable bonds is 6. The number of aliphatic hydroxyl groups excluding tert-OH is 1. The normalized spacial score (nSPS) is 13.7. The fourth-order valence-corrected chi connectivity index (χ4v) is 1.98. The zero-order valence-corrected chi connectivity index (χ0v) is 11.9. The van der Waals surface area contributed by atoms with Crippen LogP contribution in [-0.4, -0.2) is 23.8 Å². The Morgan fingerprint density at radius 1 is 1.37 bits per heavy atom. The van der Waals surface area contributed by atoms with Crippen molar-refractivity contribution < 1.29 is 9.90 Å². The summed E-state index contributed by atoms with van der Waals surface area (Å²) in [6.07, 6.45) is 1.30. The number of urea groups is 1. The van der Waals surface area contributed by atoms with Gasteiger partial charge in [-0.15, -0.1) is 0 Å². The maximum Gasteiger partial charge on any atom is 0.319 e. The molecule has 4 heteroatoms. The molecule has 0 saturated heterocycles. The molecule has 2 unspecified atom stereocenters. The number of benzene rings is 1. The van der Waals surface area contributed by atoms with Crippen molar-refractivity contribution >= 4 is 11.7 Å². The van der Waals surface area contributed by atoms with Gasteiger partial charge in [0.1, 0.15) is 0 Å². The second kappa shape index (κ2) is 7.79. The van der Waals surface area contributed by atoms with Crippen LogP contribution in [0.15, 0.2) is 24.3 Å². The number of hydrogen-bond acceptors (Lipinski definition) is 2. The summed E-state index contributed by atoms with van der Waals surface area (Å²) in [5.41, 5.74) is 2.00. The van der Waals surface area contributed by atoms with Gasteiger partial charge in [-0.1, -0.05) is 26.0 Å². The SMILES string of the molecule is CCc1cccc(NC(=O)NCC(C)CC(C)O)c1. The Morgan fingerprint density at radius 3 is 2.74 bits per heavy atom. The van der Waals surface area contributed by atoms with E-state index < -0.39 is 0 Å². The maximum absolute atomic E-state index is 11.7. The van der Waals surface area contributed by atoms with Gasteiger partial charge in [-0.05, 0) is 43.4 Å². The van der Waals surface area contributed by atoms with Crippen molar-refractivity contribution in [1.82, 2.24) is 5.32 Å². The summed E-state index contributed by atoms with van der Waals surface area (Å²) in [6, 6.07) is 7.61. The highest BCUT2D eigenvalue weighted by Gasteiger charge is 2.08. The molecule has 4 nitrogen and oxygen atoms in total. The molecule has 19 heavy (non-hydrogen) atoms. The van der Waals surface area contributed by atoms with Gasteiger partial charge in [0, 0.05) is 12.2 Å². The first-order chi connectivity index (χ1) is 9.01. The average molecular weight is 264 g/mol. The van der Waals surface area contributed by atoms with Crippen LogP contribution in [0.1, 0.15) is 32.8 Å². The zero-order chi connectivity index (χ0) is 14.3. The summed E-state index contributed by atoms with van der Waals surface area (Å²) in [7, 11) is 0. The van der Waals surface area contributed by atoms with E-state index in [1.807, 2.05) is 31.2 Å². The molecule has 0 fully saturated rings. The molecule has 0 aromatic heterocycles. The highest BCUT2D eigenvalue weighted by atomic mass is 16.3. The molecule has 1 aromatic rings. The van der Waals surface area contributed by atoms with E-state index >= 15 is 0 Å². The molecule has 3 N–H and O–H groups in total. The van der Waals surface area contributed by atoms with Gasteiger partial charge in [-0.25, -0.2) is 4.79 Å². The number of carbonyl (C=O) groups is 1. The third-order valence-electron chi connectivity index (χ3n) is 2.95. The quantitative estimate of drug-likeness (QED) is 0.740. The summed E-state index contributed by atoms with van der Waals surface area (Å²) in [5.74, 6) is 0.257. The molecular formula is C15H24N2O2. The molecule has 0 radical (unpaired) electrons. The minimum absolute atomic E-state index is 0.203. The van der Waals surface area contributed by atoms with E-state index in [4.69, 9.17) is 0 Å². The van der Waals surface area contributed by atoms with E-state index in [-0.39, 0.29) is 18.1 Å². The minimum Gasteiger partial charge on any atom is -0.393 e. The zero-order valence-electron chi connectivity index (χ0n) is 11.9. The van der Waals surface area contributed by atoms with Crippen LogP contribution in [0.5, 0.6) is 0 Å². The Balaban J connectivity index is 2.38. The highest BCUT2D eigenvalue weighted by molar-refractivity contribution is 5.89. The first-order valence-corrected chi connectivity index (χ1v) is 6.83. The van der Waals surface area contributed by atoms with Gasteiger partial charge >= 0.3 is 6.03 Å². The Kier molecular flexibility index (Phi) is 6.36. The molecule has 0 aliphatic carbocycles. The second-order valence-corrected chi connectivity index (χ2v) is 5.08. The number of aliphatic hydroxyl groups is 1. The topological polar surface area (TPSA) is 61.4 Å². The molecule has 106 valence electrons. The van der Waals surface area contributed by atoms with Gasteiger partial charge < -0.3 is 15.7 Å². The standard InChI is InChI=1S/C15H24N2O2/c1-4-13-6-5-7-14(9-13)17-15(19)16-10-11(2)8-12(3)18/h5-7,9,11-12,18H,4,8,10H2,1-3H3,(H2,16,17,19). The van der Waals surface area contributed by atoms with E-state index in [0.29, 0.717) is 13.0 Å². The largest absolute Gasteiger partial charge is 0.393 e. The lowest BCUT2D eigenvalue weighted by molar-refractivity contribution is 0.163. The van der Waals surface area contributed by atoms with Gasteiger partial charge in [-0.2, -0.15) is 0 Å². The molecular weight excluding hydrogens is 240 g/mol. The van der Waals surface area contributed by atoms with Crippen molar-refractivity contribution in [2.45, 2.75) is 39.7 Å². The number of aryl methyl sites for hydroxylation is 1. The van der Waals surface area contributed by atoms with Crippen molar-refractivity contribution in [3.63, 3.8) is 0 Å². The van der Waals surface area contributed by atoms with E-state index in [2.05, 4.69) is 17.6 Å². The smallest absolute Gasteiger partial charge is 0.319 e. The van der Waals surface area contributed by atoms with Crippen LogP contribution >= 0.6 is 0 Å². The van der Waals surface area contributed by atoms with Gasteiger partial charge in [0.25, 0.3) is 0 Å². The summed E-state index contributed by atoms with van der Waals surface area (Å²) in [6.45, 7) is 6.40. The summed E-state index contributed by atoms with van der Waals surface area (Å²) >= 11 is 0. The predicted molar refractivity (Wildman–Crippen MR) is 78.3 cm³/mol. The third kappa shape index (κ3) is 6.25. The lowest BCUT2D eigenvalue weighted by atomic mass is 10.1. The molecule has 0 aliphatic heterocycles. The Bertz CT molecular complexity index is 405. The van der Waals surface area contributed by atoms with Crippen LogP contribution in [0.2, 0.25) is 0 Å². The second-order valence-electron chi connectivity index (χ2n) is 5.08. The fourth-order valence-electron chi connectivity index (χ4n) is 1.98. The Morgan fingerprint density at radius 2 is 2.11 bits per heavy atom. The van der Waals surface area contributed by atoms with Crippen LogP contribution in [-0.2, 0) is 6.42 Å². The molecule has 1 rings (SSSR count). The fraction of sp³-hybridized carbons (Fsp3) is 0.533. The monoisotopic (exact) mass is 264 g/mol. The molecule has 0 aliphatic rings. The molecule has 0 bridgehead atoms. The average Bonchev–Trinajstić information content (AvgIpc) is 2.36. The Labute approximate surface area is 115 Å². The van der Waals surface area contributed by atoms with Gasteiger partial charge in [0.05, 0.1) is 6.10 Å². The van der Waals surface area contributed by atoms with Crippen LogP contribution in [0.4, 0.5) is 10.5 Å². The van der Waals surface area contributed by atoms with Crippen molar-refractivity contribution in [2.24, 2.45) is 5.92 Å². The van der Waals surface area contributed by atoms with Crippen molar-refractivity contribution in [3.8, 4) is 0 Å². The molecule has 0 saturated carbocycles.